The Morgan fingerprint density at radius 3 is 2.00 bits per heavy atom. The van der Waals surface area contributed by atoms with Gasteiger partial charge in [0.1, 0.15) is 5.54 Å². The molecule has 114 valence electrons. The highest BCUT2D eigenvalue weighted by atomic mass is 16.5. The largest absolute Gasteiger partial charge is 0.468 e. The number of carbonyl (C=O) groups excluding carboxylic acids is 1. The van der Waals surface area contributed by atoms with Crippen LogP contribution >= 0.6 is 0 Å². The minimum Gasteiger partial charge on any atom is -0.468 e. The van der Waals surface area contributed by atoms with Crippen molar-refractivity contribution in [2.75, 3.05) is 20.7 Å². The molecule has 4 nitrogen and oxygen atoms in total. The van der Waals surface area contributed by atoms with Crippen LogP contribution in [-0.4, -0.2) is 49.2 Å². The number of carbonyl (C=O) groups is 1. The summed E-state index contributed by atoms with van der Waals surface area (Å²) in [7, 11) is 3.49. The number of methoxy groups -OCH3 is 1. The summed E-state index contributed by atoms with van der Waals surface area (Å²) in [4.78, 5) is 14.3. The maximum Gasteiger partial charge on any atom is 0.327 e. The summed E-state index contributed by atoms with van der Waals surface area (Å²) in [6.45, 7) is 15.4. The standard InChI is InChI=1S/C15H32N2O2/c1-11(2)16-15(7,13(18)19-9)10-17(8)12(3)14(4,5)6/h11-12,16H,10H2,1-9H3. The molecule has 0 aromatic carbocycles. The first-order chi connectivity index (χ1) is 8.44. The topological polar surface area (TPSA) is 41.6 Å². The van der Waals surface area contributed by atoms with E-state index in [1.807, 2.05) is 20.8 Å². The van der Waals surface area contributed by atoms with Crippen LogP contribution in [0.1, 0.15) is 48.5 Å². The molecule has 0 aliphatic heterocycles. The molecular weight excluding hydrogens is 240 g/mol. The van der Waals surface area contributed by atoms with Gasteiger partial charge in [0, 0.05) is 18.6 Å². The maximum atomic E-state index is 12.1. The van der Waals surface area contributed by atoms with E-state index >= 15 is 0 Å². The molecule has 0 rings (SSSR count). The van der Waals surface area contributed by atoms with Crippen LogP contribution in [0.5, 0.6) is 0 Å². The van der Waals surface area contributed by atoms with Crippen LogP contribution < -0.4 is 5.32 Å². The quantitative estimate of drug-likeness (QED) is 0.753. The van der Waals surface area contributed by atoms with Gasteiger partial charge < -0.3 is 9.64 Å². The van der Waals surface area contributed by atoms with Gasteiger partial charge in [0.05, 0.1) is 7.11 Å². The van der Waals surface area contributed by atoms with Crippen LogP contribution in [-0.2, 0) is 9.53 Å². The monoisotopic (exact) mass is 272 g/mol. The van der Waals surface area contributed by atoms with E-state index in [-0.39, 0.29) is 17.4 Å². The first-order valence-corrected chi connectivity index (χ1v) is 7.00. The highest BCUT2D eigenvalue weighted by Crippen LogP contribution is 2.24. The van der Waals surface area contributed by atoms with E-state index in [0.717, 1.165) is 0 Å². The average Bonchev–Trinajstić information content (AvgIpc) is 2.24. The molecule has 1 N–H and O–H groups in total. The van der Waals surface area contributed by atoms with Gasteiger partial charge in [-0.05, 0) is 40.2 Å². The summed E-state index contributed by atoms with van der Waals surface area (Å²) in [5, 5.41) is 3.33. The molecule has 4 heteroatoms. The zero-order valence-electron chi connectivity index (χ0n) is 14.1. The summed E-state index contributed by atoms with van der Waals surface area (Å²) < 4.78 is 4.95. The Bertz CT molecular complexity index is 297. The van der Waals surface area contributed by atoms with Crippen molar-refractivity contribution in [1.29, 1.82) is 0 Å². The van der Waals surface area contributed by atoms with Gasteiger partial charge in [-0.25, -0.2) is 0 Å². The fourth-order valence-electron chi connectivity index (χ4n) is 2.33. The number of likely N-dealkylation sites (N-methyl/N-ethyl adjacent to an activating group) is 1. The molecular formula is C15H32N2O2. The van der Waals surface area contributed by atoms with E-state index in [0.29, 0.717) is 12.6 Å². The van der Waals surface area contributed by atoms with Crippen molar-refractivity contribution in [3.05, 3.63) is 0 Å². The second-order valence-corrected chi connectivity index (χ2v) is 7.08. The molecule has 0 aromatic heterocycles. The van der Waals surface area contributed by atoms with E-state index < -0.39 is 5.54 Å². The molecule has 0 spiro atoms. The van der Waals surface area contributed by atoms with Crippen LogP contribution in [0, 0.1) is 5.41 Å². The molecule has 0 fully saturated rings. The maximum absolute atomic E-state index is 12.1. The van der Waals surface area contributed by atoms with Gasteiger partial charge in [0.25, 0.3) is 0 Å². The molecule has 19 heavy (non-hydrogen) atoms. The van der Waals surface area contributed by atoms with Crippen molar-refractivity contribution in [2.45, 2.75) is 66.1 Å². The molecule has 0 saturated heterocycles. The molecule has 2 atom stereocenters. The van der Waals surface area contributed by atoms with Gasteiger partial charge in [-0.15, -0.1) is 0 Å². The highest BCUT2D eigenvalue weighted by Gasteiger charge is 2.38. The number of hydrogen-bond donors (Lipinski definition) is 1. The molecule has 0 heterocycles. The van der Waals surface area contributed by atoms with E-state index in [1.165, 1.54) is 7.11 Å². The van der Waals surface area contributed by atoms with Crippen LogP contribution in [0.4, 0.5) is 0 Å². The fourth-order valence-corrected chi connectivity index (χ4v) is 2.33. The SMILES string of the molecule is COC(=O)C(C)(CN(C)C(C)C(C)(C)C)NC(C)C. The Hall–Kier alpha value is -0.610. The number of ether oxygens (including phenoxy) is 1. The van der Waals surface area contributed by atoms with Gasteiger partial charge in [-0.3, -0.25) is 10.1 Å². The van der Waals surface area contributed by atoms with E-state index in [1.54, 1.807) is 0 Å². The summed E-state index contributed by atoms with van der Waals surface area (Å²) >= 11 is 0. The lowest BCUT2D eigenvalue weighted by atomic mass is 9.86. The summed E-state index contributed by atoms with van der Waals surface area (Å²) in [5.41, 5.74) is -0.513. The van der Waals surface area contributed by atoms with Crippen LogP contribution in [0.2, 0.25) is 0 Å². The van der Waals surface area contributed by atoms with E-state index in [9.17, 15) is 4.79 Å². The highest BCUT2D eigenvalue weighted by molar-refractivity contribution is 5.80. The van der Waals surface area contributed by atoms with Crippen molar-refractivity contribution in [2.24, 2.45) is 5.41 Å². The van der Waals surface area contributed by atoms with Crippen molar-refractivity contribution < 1.29 is 9.53 Å². The predicted octanol–water partition coefficient (Wildman–Crippen LogP) is 2.28. The summed E-state index contributed by atoms with van der Waals surface area (Å²) in [6.07, 6.45) is 0. The molecule has 2 unspecified atom stereocenters. The number of esters is 1. The number of nitrogens with one attached hydrogen (secondary N) is 1. The Morgan fingerprint density at radius 1 is 1.21 bits per heavy atom. The minimum absolute atomic E-state index is 0.170. The van der Waals surface area contributed by atoms with Gasteiger partial charge in [0.2, 0.25) is 0 Å². The van der Waals surface area contributed by atoms with Crippen molar-refractivity contribution in [3.8, 4) is 0 Å². The predicted molar refractivity (Wildman–Crippen MR) is 80.2 cm³/mol. The van der Waals surface area contributed by atoms with Crippen molar-refractivity contribution in [1.82, 2.24) is 10.2 Å². The molecule has 0 aliphatic carbocycles. The van der Waals surface area contributed by atoms with Crippen molar-refractivity contribution in [3.63, 3.8) is 0 Å². The average molecular weight is 272 g/mol. The Balaban J connectivity index is 4.97. The lowest BCUT2D eigenvalue weighted by molar-refractivity contribution is -0.149. The second-order valence-electron chi connectivity index (χ2n) is 7.08. The van der Waals surface area contributed by atoms with Crippen LogP contribution in [0.15, 0.2) is 0 Å². The lowest BCUT2D eigenvalue weighted by Gasteiger charge is -2.40. The minimum atomic E-state index is -0.683. The Labute approximate surface area is 118 Å². The van der Waals surface area contributed by atoms with E-state index in [4.69, 9.17) is 4.74 Å². The first-order valence-electron chi connectivity index (χ1n) is 7.00. The normalized spacial score (nSPS) is 17.4. The Kier molecular flexibility index (Phi) is 6.49. The number of rotatable bonds is 6. The zero-order chi connectivity index (χ0) is 15.4. The molecule has 0 amide bonds. The van der Waals surface area contributed by atoms with Gasteiger partial charge in [-0.1, -0.05) is 20.8 Å². The van der Waals surface area contributed by atoms with Crippen LogP contribution in [0.3, 0.4) is 0 Å². The molecule has 0 radical (unpaired) electrons. The van der Waals surface area contributed by atoms with Gasteiger partial charge >= 0.3 is 5.97 Å². The third-order valence-corrected chi connectivity index (χ3v) is 3.72. The number of nitrogens with zero attached hydrogens (tertiary/aromatic N) is 1. The van der Waals surface area contributed by atoms with Crippen LogP contribution in [0.25, 0.3) is 0 Å². The van der Waals surface area contributed by atoms with Crippen molar-refractivity contribution >= 4 is 5.97 Å². The first kappa shape index (κ1) is 18.4. The molecule has 0 bridgehead atoms. The number of hydrogen-bond acceptors (Lipinski definition) is 4. The third-order valence-electron chi connectivity index (χ3n) is 3.72. The van der Waals surface area contributed by atoms with Gasteiger partial charge in [0.15, 0.2) is 0 Å². The van der Waals surface area contributed by atoms with Gasteiger partial charge in [-0.2, -0.15) is 0 Å². The third kappa shape index (κ3) is 5.49. The summed E-state index contributed by atoms with van der Waals surface area (Å²) in [5.74, 6) is -0.214. The summed E-state index contributed by atoms with van der Waals surface area (Å²) in [6, 6.07) is 0.591. The molecule has 0 saturated carbocycles. The molecule has 0 aromatic rings. The molecule has 0 aliphatic rings. The second kappa shape index (κ2) is 6.71. The lowest BCUT2D eigenvalue weighted by Crippen LogP contribution is -2.60. The Morgan fingerprint density at radius 2 is 1.68 bits per heavy atom. The van der Waals surface area contributed by atoms with E-state index in [2.05, 4.69) is 45.0 Å². The zero-order valence-corrected chi connectivity index (χ0v) is 14.1. The fraction of sp³-hybridized carbons (Fsp3) is 0.933. The smallest absolute Gasteiger partial charge is 0.327 e.